The molecule has 0 bridgehead atoms. The molecular formula is C18H20N6O10S. The van der Waals surface area contributed by atoms with E-state index in [1.54, 1.807) is 0 Å². The number of carbonyl (C=O) groups excluding carboxylic acids is 3. The standard InChI is InChI=1S/C18H20N6O10S/c1-6(25)32-4-7-5-35-14-9(13(27)24(14)10(7)15(28)29)20-12(26)8(11-21-17(19)33-23-11)22-34-18(2,3)16(30)31/h9,14H,4-5H2,1-3H3,(H,20,26)(H,28,29)(H,30,31)(H2,19,21,23)/t9?,14-/m0/s1. The number of nitrogens with one attached hydrogen (secondary N) is 1. The molecule has 1 fully saturated rings. The van der Waals surface area contributed by atoms with E-state index in [2.05, 4.69) is 25.1 Å². The molecule has 2 aliphatic heterocycles. The fourth-order valence-electron chi connectivity index (χ4n) is 2.91. The SMILES string of the molecule is CC(=O)OCC1=C(C(=O)O)N2C(=O)C(NC(=O)C(=NOC(C)(C)C(=O)O)c3noc(N)n3)[C@@H]2SC1. The third-order valence-corrected chi connectivity index (χ3v) is 6.07. The van der Waals surface area contributed by atoms with Gasteiger partial charge in [-0.1, -0.05) is 10.3 Å². The normalized spacial score (nSPS) is 20.0. The van der Waals surface area contributed by atoms with Crippen molar-refractivity contribution >= 4 is 53.2 Å². The van der Waals surface area contributed by atoms with E-state index in [4.69, 9.17) is 15.3 Å². The summed E-state index contributed by atoms with van der Waals surface area (Å²) in [5.41, 5.74) is 2.80. The number of nitrogens with zero attached hydrogens (tertiary/aromatic N) is 4. The largest absolute Gasteiger partial charge is 0.478 e. The summed E-state index contributed by atoms with van der Waals surface area (Å²) in [5, 5.41) is 27.4. The zero-order chi connectivity index (χ0) is 26.1. The second-order valence-electron chi connectivity index (χ2n) is 7.70. The first-order valence-electron chi connectivity index (χ1n) is 9.76. The molecule has 0 spiro atoms. The lowest BCUT2D eigenvalue weighted by Crippen LogP contribution is -2.71. The molecule has 5 N–H and O–H groups in total. The predicted octanol–water partition coefficient (Wildman–Crippen LogP) is -1.46. The van der Waals surface area contributed by atoms with Gasteiger partial charge >= 0.3 is 23.9 Å². The van der Waals surface area contributed by atoms with Crippen molar-refractivity contribution in [3.8, 4) is 0 Å². The van der Waals surface area contributed by atoms with E-state index in [0.717, 1.165) is 23.6 Å². The third-order valence-electron chi connectivity index (χ3n) is 4.73. The fraction of sp³-hybridized carbons (Fsp3) is 0.444. The molecule has 188 valence electrons. The molecule has 17 heteroatoms. The summed E-state index contributed by atoms with van der Waals surface area (Å²) in [6.07, 6.45) is 0. The van der Waals surface area contributed by atoms with Crippen LogP contribution in [0.4, 0.5) is 6.01 Å². The van der Waals surface area contributed by atoms with E-state index in [9.17, 15) is 34.2 Å². The number of carboxylic acid groups (broad SMARTS) is 2. The second kappa shape index (κ2) is 9.61. The molecule has 16 nitrogen and oxygen atoms in total. The summed E-state index contributed by atoms with van der Waals surface area (Å²) in [7, 11) is 0. The van der Waals surface area contributed by atoms with Gasteiger partial charge in [-0.2, -0.15) is 4.98 Å². The van der Waals surface area contributed by atoms with Crippen molar-refractivity contribution in [2.24, 2.45) is 5.16 Å². The number of anilines is 1. The number of oxime groups is 1. The van der Waals surface area contributed by atoms with Crippen LogP contribution in [0.15, 0.2) is 20.9 Å². The summed E-state index contributed by atoms with van der Waals surface area (Å²) in [4.78, 5) is 69.4. The average molecular weight is 512 g/mol. The second-order valence-corrected chi connectivity index (χ2v) is 8.81. The number of amides is 2. The minimum Gasteiger partial charge on any atom is -0.478 e. The lowest BCUT2D eigenvalue weighted by atomic mass is 10.0. The molecule has 2 amide bonds. The maximum atomic E-state index is 12.9. The first-order chi connectivity index (χ1) is 16.3. The molecule has 1 aromatic rings. The van der Waals surface area contributed by atoms with Gasteiger partial charge in [0.15, 0.2) is 0 Å². The van der Waals surface area contributed by atoms with Crippen molar-refractivity contribution in [1.29, 1.82) is 0 Å². The Balaban J connectivity index is 1.82. The van der Waals surface area contributed by atoms with Crippen molar-refractivity contribution in [3.05, 3.63) is 17.1 Å². The number of thioether (sulfide) groups is 1. The summed E-state index contributed by atoms with van der Waals surface area (Å²) in [5.74, 6) is -5.48. The number of rotatable bonds is 9. The van der Waals surface area contributed by atoms with Crippen molar-refractivity contribution in [2.45, 2.75) is 37.8 Å². The summed E-state index contributed by atoms with van der Waals surface area (Å²) in [6, 6.07) is -1.58. The van der Waals surface area contributed by atoms with Gasteiger partial charge in [0.25, 0.3) is 11.8 Å². The Bertz CT molecular complexity index is 1160. The zero-order valence-corrected chi connectivity index (χ0v) is 19.3. The average Bonchev–Trinajstić information content (AvgIpc) is 3.20. The van der Waals surface area contributed by atoms with Crippen LogP contribution in [0.1, 0.15) is 26.6 Å². The highest BCUT2D eigenvalue weighted by Gasteiger charge is 2.54. The Labute approximate surface area is 200 Å². The van der Waals surface area contributed by atoms with E-state index in [-0.39, 0.29) is 23.6 Å². The number of aromatic nitrogens is 2. The molecule has 1 unspecified atom stereocenters. The number of esters is 1. The first-order valence-corrected chi connectivity index (χ1v) is 10.8. The Morgan fingerprint density at radius 2 is 2.03 bits per heavy atom. The number of hydrogen-bond acceptors (Lipinski definition) is 13. The van der Waals surface area contributed by atoms with E-state index in [0.29, 0.717) is 0 Å². The van der Waals surface area contributed by atoms with Crippen LogP contribution in [-0.2, 0) is 33.5 Å². The molecule has 0 radical (unpaired) electrons. The topological polar surface area (TPSA) is 237 Å². The summed E-state index contributed by atoms with van der Waals surface area (Å²) in [6.45, 7) is 3.22. The zero-order valence-electron chi connectivity index (χ0n) is 18.5. The van der Waals surface area contributed by atoms with E-state index in [1.807, 2.05) is 0 Å². The van der Waals surface area contributed by atoms with Crippen molar-refractivity contribution in [2.75, 3.05) is 18.1 Å². The number of nitrogens with two attached hydrogens (primary N) is 1. The number of fused-ring (bicyclic) bond motifs is 1. The maximum Gasteiger partial charge on any atom is 0.352 e. The van der Waals surface area contributed by atoms with Crippen molar-refractivity contribution < 1.29 is 48.3 Å². The third kappa shape index (κ3) is 5.18. The Hall–Kier alpha value is -4.15. The fourth-order valence-corrected chi connectivity index (χ4v) is 4.23. The van der Waals surface area contributed by atoms with Gasteiger partial charge in [0.2, 0.25) is 17.1 Å². The molecule has 35 heavy (non-hydrogen) atoms. The van der Waals surface area contributed by atoms with Crippen LogP contribution in [0, 0.1) is 0 Å². The van der Waals surface area contributed by atoms with E-state index >= 15 is 0 Å². The summed E-state index contributed by atoms with van der Waals surface area (Å²) < 4.78 is 9.48. The number of carboxylic acids is 2. The molecule has 0 aliphatic carbocycles. The van der Waals surface area contributed by atoms with Crippen LogP contribution in [0.5, 0.6) is 0 Å². The number of aliphatic carboxylic acids is 2. The van der Waals surface area contributed by atoms with Gasteiger partial charge in [-0.3, -0.25) is 19.3 Å². The van der Waals surface area contributed by atoms with Crippen molar-refractivity contribution in [1.82, 2.24) is 20.4 Å². The van der Waals surface area contributed by atoms with Crippen LogP contribution in [0.2, 0.25) is 0 Å². The first kappa shape index (κ1) is 25.5. The van der Waals surface area contributed by atoms with Crippen LogP contribution in [-0.4, -0.2) is 90.1 Å². The summed E-state index contributed by atoms with van der Waals surface area (Å²) >= 11 is 1.14. The molecule has 0 aromatic carbocycles. The van der Waals surface area contributed by atoms with Gasteiger partial charge in [-0.15, -0.1) is 11.8 Å². The van der Waals surface area contributed by atoms with Crippen molar-refractivity contribution in [3.63, 3.8) is 0 Å². The lowest BCUT2D eigenvalue weighted by Gasteiger charge is -2.49. The Kier molecular flexibility index (Phi) is 6.99. The molecule has 3 heterocycles. The van der Waals surface area contributed by atoms with Gasteiger partial charge in [0, 0.05) is 18.2 Å². The molecule has 2 aliphatic rings. The molecule has 1 aromatic heterocycles. The molecule has 2 atom stereocenters. The van der Waals surface area contributed by atoms with Crippen LogP contribution < -0.4 is 11.1 Å². The van der Waals surface area contributed by atoms with Gasteiger partial charge < -0.3 is 35.4 Å². The van der Waals surface area contributed by atoms with Crippen LogP contribution >= 0.6 is 11.8 Å². The Morgan fingerprint density at radius 3 is 2.57 bits per heavy atom. The smallest absolute Gasteiger partial charge is 0.352 e. The number of ether oxygens (including phenoxy) is 1. The number of β-lactam (4-membered cyclic amide) rings is 1. The van der Waals surface area contributed by atoms with Gasteiger partial charge in [0.05, 0.1) is 0 Å². The molecule has 1 saturated heterocycles. The van der Waals surface area contributed by atoms with E-state index < -0.39 is 64.3 Å². The minimum absolute atomic E-state index is 0.119. The number of hydrogen-bond donors (Lipinski definition) is 4. The Morgan fingerprint density at radius 1 is 1.34 bits per heavy atom. The molecule has 0 saturated carbocycles. The highest BCUT2D eigenvalue weighted by atomic mass is 32.2. The number of nitrogen functional groups attached to an aromatic ring is 1. The minimum atomic E-state index is -1.83. The van der Waals surface area contributed by atoms with Crippen LogP contribution in [0.3, 0.4) is 0 Å². The quantitative estimate of drug-likeness (QED) is 0.128. The lowest BCUT2D eigenvalue weighted by molar-refractivity contribution is -0.161. The van der Waals surface area contributed by atoms with Crippen LogP contribution in [0.25, 0.3) is 0 Å². The monoisotopic (exact) mass is 512 g/mol. The predicted molar refractivity (Wildman–Crippen MR) is 114 cm³/mol. The maximum absolute atomic E-state index is 12.9. The number of carbonyl (C=O) groups is 5. The van der Waals surface area contributed by atoms with Gasteiger partial charge in [0.1, 0.15) is 23.7 Å². The highest BCUT2D eigenvalue weighted by molar-refractivity contribution is 8.00. The van der Waals surface area contributed by atoms with Gasteiger partial charge in [-0.05, 0) is 13.8 Å². The molecular weight excluding hydrogens is 492 g/mol. The molecule has 3 rings (SSSR count). The van der Waals surface area contributed by atoms with Gasteiger partial charge in [-0.25, -0.2) is 9.59 Å². The van der Waals surface area contributed by atoms with E-state index in [1.165, 1.54) is 13.8 Å². The highest BCUT2D eigenvalue weighted by Crippen LogP contribution is 2.40.